The van der Waals surface area contributed by atoms with E-state index < -0.39 is 0 Å². The van der Waals surface area contributed by atoms with Crippen LogP contribution in [0.4, 0.5) is 0 Å². The number of para-hydroxylation sites is 2. The van der Waals surface area contributed by atoms with Gasteiger partial charge in [0.15, 0.2) is 5.58 Å². The van der Waals surface area contributed by atoms with Gasteiger partial charge in [0.2, 0.25) is 0 Å². The first-order chi connectivity index (χ1) is 23.7. The van der Waals surface area contributed by atoms with Crippen molar-refractivity contribution in [3.8, 4) is 0 Å². The van der Waals surface area contributed by atoms with Crippen LogP contribution in [0.1, 0.15) is 50.6 Å². The van der Waals surface area contributed by atoms with E-state index in [9.17, 15) is 0 Å². The Balaban J connectivity index is 1.20. The summed E-state index contributed by atoms with van der Waals surface area (Å²) in [5.41, 5.74) is 11.8. The van der Waals surface area contributed by atoms with Gasteiger partial charge in [-0.15, -0.1) is 0 Å². The molecule has 48 heavy (non-hydrogen) atoms. The molecule has 2 heterocycles. The molecule has 4 aromatic rings. The summed E-state index contributed by atoms with van der Waals surface area (Å²) in [6.45, 7) is 4.72. The maximum atomic E-state index is 6.56. The number of aliphatic imine (C=N–C) groups is 2. The molecule has 4 aliphatic carbocycles. The summed E-state index contributed by atoms with van der Waals surface area (Å²) in [6, 6.07) is 16.7. The second-order valence-corrected chi connectivity index (χ2v) is 12.9. The monoisotopic (exact) mass is 625 g/mol. The van der Waals surface area contributed by atoms with E-state index >= 15 is 0 Å². The van der Waals surface area contributed by atoms with Gasteiger partial charge in [0.1, 0.15) is 11.3 Å². The highest BCUT2D eigenvalue weighted by atomic mass is 16.3. The highest BCUT2D eigenvalue weighted by Crippen LogP contribution is 2.40. The lowest BCUT2D eigenvalue weighted by Gasteiger charge is -2.19. The van der Waals surface area contributed by atoms with Gasteiger partial charge < -0.3 is 4.42 Å². The zero-order valence-electron chi connectivity index (χ0n) is 27.2. The van der Waals surface area contributed by atoms with Crippen LogP contribution < -0.4 is 0 Å². The second kappa shape index (κ2) is 13.4. The van der Waals surface area contributed by atoms with Gasteiger partial charge >= 0.3 is 0 Å². The first-order valence-electron chi connectivity index (χ1n) is 17.2. The lowest BCUT2D eigenvalue weighted by molar-refractivity contribution is 0.665. The molecule has 236 valence electrons. The van der Waals surface area contributed by atoms with Crippen LogP contribution >= 0.6 is 0 Å². The molecule has 8 rings (SSSR count). The smallest absolute Gasteiger partial charge is 0.161 e. The summed E-state index contributed by atoms with van der Waals surface area (Å²) < 4.78 is 6.56. The summed E-state index contributed by atoms with van der Waals surface area (Å²) in [7, 11) is 0. The maximum Gasteiger partial charge on any atom is 0.161 e. The predicted molar refractivity (Wildman–Crippen MR) is 202 cm³/mol. The van der Waals surface area contributed by atoms with Crippen LogP contribution in [0.15, 0.2) is 164 Å². The van der Waals surface area contributed by atoms with Crippen LogP contribution in [-0.2, 0) is 0 Å². The van der Waals surface area contributed by atoms with Gasteiger partial charge in [0, 0.05) is 28.6 Å². The second-order valence-electron chi connectivity index (χ2n) is 12.9. The Hall–Kier alpha value is -5.35. The zero-order valence-corrected chi connectivity index (χ0v) is 27.2. The average molecular weight is 626 g/mol. The molecule has 4 aliphatic rings. The van der Waals surface area contributed by atoms with Crippen molar-refractivity contribution in [3.05, 3.63) is 155 Å². The van der Waals surface area contributed by atoms with Crippen molar-refractivity contribution in [1.82, 2.24) is 4.98 Å². The fraction of sp³-hybridized carbons (Fsp3) is 0.205. The molecule has 0 spiro atoms. The Labute approximate surface area is 282 Å². The standard InChI is InChI=1S/C44H39N3O/c1-45-39(33-25-23-32(24-26-33)31-15-6-3-7-16-31)28-40(46-29-30-13-4-2-5-14-30)34-17-12-18-35(27-34)43-44-42(36-19-8-10-21-38(36)47-43)37-20-9-11-22-41(37)48-44/h2-6,8-11,13,15,17,19-23,25,27-28,30H,1,7,12,14,16,18,24,26,29H2/b39-28-,46-40+. The maximum absolute atomic E-state index is 6.56. The number of benzene rings is 2. The highest BCUT2D eigenvalue weighted by Gasteiger charge is 2.22. The number of rotatable bonds is 8. The number of fused-ring (bicyclic) bond motifs is 5. The minimum atomic E-state index is 0.376. The van der Waals surface area contributed by atoms with Gasteiger partial charge in [-0.25, -0.2) is 4.98 Å². The third-order valence-electron chi connectivity index (χ3n) is 9.84. The molecule has 0 saturated carbocycles. The van der Waals surface area contributed by atoms with E-state index in [1.165, 1.54) is 16.7 Å². The molecule has 0 radical (unpaired) electrons. The fourth-order valence-corrected chi connectivity index (χ4v) is 7.28. The van der Waals surface area contributed by atoms with E-state index in [2.05, 4.69) is 121 Å². The first kappa shape index (κ1) is 30.0. The normalized spacial score (nSPS) is 20.1. The van der Waals surface area contributed by atoms with E-state index in [1.807, 2.05) is 12.1 Å². The van der Waals surface area contributed by atoms with E-state index in [0.29, 0.717) is 12.5 Å². The zero-order chi connectivity index (χ0) is 32.3. The van der Waals surface area contributed by atoms with Crippen molar-refractivity contribution in [2.45, 2.75) is 44.9 Å². The number of pyridine rings is 1. The molecule has 0 amide bonds. The van der Waals surface area contributed by atoms with Gasteiger partial charge in [0.05, 0.1) is 16.9 Å². The number of nitrogens with zero attached hydrogens (tertiary/aromatic N) is 3. The van der Waals surface area contributed by atoms with Gasteiger partial charge in [-0.05, 0) is 104 Å². The third-order valence-corrected chi connectivity index (χ3v) is 9.84. The van der Waals surface area contributed by atoms with E-state index in [4.69, 9.17) is 14.4 Å². The number of hydrogen-bond acceptors (Lipinski definition) is 4. The highest BCUT2D eigenvalue weighted by molar-refractivity contribution is 6.20. The van der Waals surface area contributed by atoms with Crippen LogP contribution in [0.2, 0.25) is 0 Å². The minimum Gasteiger partial charge on any atom is -0.454 e. The number of allylic oxidation sites excluding steroid dienone is 16. The molecule has 1 unspecified atom stereocenters. The van der Waals surface area contributed by atoms with Crippen molar-refractivity contribution in [2.24, 2.45) is 15.9 Å². The topological polar surface area (TPSA) is 50.8 Å². The Morgan fingerprint density at radius 1 is 0.854 bits per heavy atom. The van der Waals surface area contributed by atoms with E-state index in [1.54, 1.807) is 0 Å². The third kappa shape index (κ3) is 5.95. The Bertz CT molecular complexity index is 2260. The van der Waals surface area contributed by atoms with Crippen LogP contribution in [-0.4, -0.2) is 24.0 Å². The lowest BCUT2D eigenvalue weighted by Crippen LogP contribution is -2.09. The van der Waals surface area contributed by atoms with Crippen molar-refractivity contribution < 1.29 is 4.42 Å². The SMILES string of the molecule is C=N/C(=C\C(=N/CC1C=CC=CC1)C1=CCCC(c2nc3ccccc3c3c2oc2ccccc23)=C1)C1=CC=C(C2=CC=CCC2)CC1. The summed E-state index contributed by atoms with van der Waals surface area (Å²) in [5, 5.41) is 3.36. The Kier molecular flexibility index (Phi) is 8.38. The number of aromatic nitrogens is 1. The largest absolute Gasteiger partial charge is 0.454 e. The quantitative estimate of drug-likeness (QED) is 0.183. The van der Waals surface area contributed by atoms with Crippen molar-refractivity contribution in [1.29, 1.82) is 0 Å². The van der Waals surface area contributed by atoms with Gasteiger partial charge in [-0.1, -0.05) is 97.2 Å². The molecule has 4 nitrogen and oxygen atoms in total. The van der Waals surface area contributed by atoms with E-state index in [0.717, 1.165) is 106 Å². The molecule has 2 aromatic carbocycles. The molecule has 0 fully saturated rings. The Morgan fingerprint density at radius 3 is 2.52 bits per heavy atom. The molecule has 0 saturated heterocycles. The van der Waals surface area contributed by atoms with Crippen molar-refractivity contribution in [3.63, 3.8) is 0 Å². The summed E-state index contributed by atoms with van der Waals surface area (Å²) in [6.07, 6.45) is 33.6. The summed E-state index contributed by atoms with van der Waals surface area (Å²) in [4.78, 5) is 15.0. The molecule has 1 atom stereocenters. The first-order valence-corrected chi connectivity index (χ1v) is 17.2. The molecule has 0 aliphatic heterocycles. The van der Waals surface area contributed by atoms with Crippen LogP contribution in [0, 0.1) is 5.92 Å². The van der Waals surface area contributed by atoms with Crippen molar-refractivity contribution >= 4 is 50.8 Å². The van der Waals surface area contributed by atoms with Gasteiger partial charge in [-0.3, -0.25) is 9.98 Å². The van der Waals surface area contributed by atoms with Crippen LogP contribution in [0.5, 0.6) is 0 Å². The average Bonchev–Trinajstić information content (AvgIpc) is 3.56. The van der Waals surface area contributed by atoms with Crippen molar-refractivity contribution in [2.75, 3.05) is 6.54 Å². The van der Waals surface area contributed by atoms with Gasteiger partial charge in [0.25, 0.3) is 0 Å². The fourth-order valence-electron chi connectivity index (χ4n) is 7.28. The number of hydrogen-bond donors (Lipinski definition) is 0. The Morgan fingerprint density at radius 2 is 1.71 bits per heavy atom. The summed E-state index contributed by atoms with van der Waals surface area (Å²) >= 11 is 0. The molecule has 0 bridgehead atoms. The molecular formula is C44H39N3O. The lowest BCUT2D eigenvalue weighted by atomic mass is 9.87. The van der Waals surface area contributed by atoms with E-state index in [-0.39, 0.29) is 0 Å². The number of furan rings is 1. The summed E-state index contributed by atoms with van der Waals surface area (Å²) in [5.74, 6) is 0.376. The predicted octanol–water partition coefficient (Wildman–Crippen LogP) is 11.3. The molecule has 0 N–H and O–H groups in total. The molecule has 4 heteroatoms. The van der Waals surface area contributed by atoms with Crippen LogP contribution in [0.3, 0.4) is 0 Å². The van der Waals surface area contributed by atoms with Gasteiger partial charge in [-0.2, -0.15) is 0 Å². The van der Waals surface area contributed by atoms with Crippen LogP contribution in [0.25, 0.3) is 38.4 Å². The molecule has 2 aromatic heterocycles. The molecular weight excluding hydrogens is 587 g/mol. The minimum absolute atomic E-state index is 0.376.